The molecule has 0 aromatic heterocycles. The molecule has 0 spiro atoms. The lowest BCUT2D eigenvalue weighted by atomic mass is 10.0. The van der Waals surface area contributed by atoms with Crippen LogP contribution in [0.3, 0.4) is 0 Å². The van der Waals surface area contributed by atoms with E-state index in [1.54, 1.807) is 6.92 Å². The molecule has 0 amide bonds. The van der Waals surface area contributed by atoms with E-state index in [2.05, 4.69) is 14.5 Å². The zero-order valence-corrected chi connectivity index (χ0v) is 14.5. The molecule has 8 heteroatoms. The van der Waals surface area contributed by atoms with Gasteiger partial charge >= 0.3 is 12.1 Å². The molecule has 0 saturated heterocycles. The van der Waals surface area contributed by atoms with E-state index >= 15 is 0 Å². The van der Waals surface area contributed by atoms with Gasteiger partial charge in [0.1, 0.15) is 11.9 Å². The quantitative estimate of drug-likeness (QED) is 0.158. The van der Waals surface area contributed by atoms with Crippen LogP contribution in [0.2, 0.25) is 0 Å². The van der Waals surface area contributed by atoms with Crippen LogP contribution in [0.15, 0.2) is 11.8 Å². The molecule has 1 unspecified atom stereocenters. The van der Waals surface area contributed by atoms with Crippen molar-refractivity contribution >= 4 is 12.1 Å². The Kier molecular flexibility index (Phi) is 10.00. The lowest BCUT2D eigenvalue weighted by Crippen LogP contribution is -2.23. The zero-order chi connectivity index (χ0) is 17.9. The smallest absolute Gasteiger partial charge is 0.402 e. The van der Waals surface area contributed by atoms with Crippen molar-refractivity contribution in [3.8, 4) is 0 Å². The molecule has 0 N–H and O–H groups in total. The monoisotopic (exact) mass is 334 g/mol. The summed E-state index contributed by atoms with van der Waals surface area (Å²) in [5, 5.41) is 0. The first-order chi connectivity index (χ1) is 10.7. The van der Waals surface area contributed by atoms with Crippen LogP contribution in [-0.2, 0) is 33.8 Å². The van der Waals surface area contributed by atoms with Crippen molar-refractivity contribution in [3.63, 3.8) is 0 Å². The third kappa shape index (κ3) is 10.5. The summed E-state index contributed by atoms with van der Waals surface area (Å²) >= 11 is 0. The zero-order valence-electron chi connectivity index (χ0n) is 14.5. The maximum absolute atomic E-state index is 11.6. The van der Waals surface area contributed by atoms with Crippen LogP contribution in [-0.4, -0.2) is 30.6 Å². The molecule has 0 radical (unpaired) electrons. The molecule has 0 aliphatic carbocycles. The van der Waals surface area contributed by atoms with E-state index in [4.69, 9.17) is 14.5 Å². The minimum atomic E-state index is -1.19. The predicted octanol–water partition coefficient (Wildman–Crippen LogP) is 3.41. The third-order valence-electron chi connectivity index (χ3n) is 2.52. The summed E-state index contributed by atoms with van der Waals surface area (Å²) in [5.41, 5.74) is -0.437. The number of carbonyl (C=O) groups excluding carboxylic acids is 2. The Morgan fingerprint density at radius 3 is 2.39 bits per heavy atom. The van der Waals surface area contributed by atoms with Gasteiger partial charge in [0, 0.05) is 6.61 Å². The fourth-order valence-corrected chi connectivity index (χ4v) is 1.48. The van der Waals surface area contributed by atoms with Crippen LogP contribution < -0.4 is 0 Å². The van der Waals surface area contributed by atoms with E-state index in [1.165, 1.54) is 13.8 Å². The van der Waals surface area contributed by atoms with Gasteiger partial charge in [-0.3, -0.25) is 0 Å². The van der Waals surface area contributed by atoms with Gasteiger partial charge in [-0.15, -0.1) is 0 Å². The molecule has 1 atom stereocenters. The number of ether oxygens (including phenoxy) is 2. The molecule has 134 valence electrons. The van der Waals surface area contributed by atoms with Gasteiger partial charge in [-0.2, -0.15) is 9.68 Å². The highest BCUT2D eigenvalue weighted by Crippen LogP contribution is 2.17. The molecule has 0 saturated carbocycles. The van der Waals surface area contributed by atoms with Crippen LogP contribution in [0, 0.1) is 0 Å². The van der Waals surface area contributed by atoms with E-state index in [-0.39, 0.29) is 5.57 Å². The Morgan fingerprint density at radius 2 is 1.83 bits per heavy atom. The maximum Gasteiger partial charge on any atom is 0.552 e. The number of carbonyl (C=O) groups is 2. The lowest BCUT2D eigenvalue weighted by Gasteiger charge is -2.21. The lowest BCUT2D eigenvalue weighted by molar-refractivity contribution is -0.318. The van der Waals surface area contributed by atoms with E-state index < -0.39 is 24.0 Å². The van der Waals surface area contributed by atoms with Gasteiger partial charge in [0.15, 0.2) is 0 Å². The number of rotatable bonds is 9. The first kappa shape index (κ1) is 21.2. The van der Waals surface area contributed by atoms with Gasteiger partial charge in [-0.05, 0) is 41.0 Å². The molecule has 0 aromatic rings. The normalized spacial score (nSPS) is 13.2. The largest absolute Gasteiger partial charge is 0.552 e. The fraction of sp³-hybridized carbons (Fsp3) is 0.733. The highest BCUT2D eigenvalue weighted by atomic mass is 17.2. The first-order valence-electron chi connectivity index (χ1n) is 7.44. The molecule has 0 bridgehead atoms. The van der Waals surface area contributed by atoms with Gasteiger partial charge in [-0.1, -0.05) is 13.3 Å². The van der Waals surface area contributed by atoms with Crippen LogP contribution in [0.4, 0.5) is 4.79 Å². The predicted molar refractivity (Wildman–Crippen MR) is 79.7 cm³/mol. The summed E-state index contributed by atoms with van der Waals surface area (Å²) in [7, 11) is 0. The Bertz CT molecular complexity index is 402. The van der Waals surface area contributed by atoms with Crippen molar-refractivity contribution in [2.45, 2.75) is 66.3 Å². The maximum atomic E-state index is 11.6. The van der Waals surface area contributed by atoms with Gasteiger partial charge in [0.2, 0.25) is 6.29 Å². The average molecular weight is 334 g/mol. The van der Waals surface area contributed by atoms with Crippen LogP contribution in [0.25, 0.3) is 0 Å². The van der Waals surface area contributed by atoms with Crippen molar-refractivity contribution < 1.29 is 38.6 Å². The second-order valence-electron chi connectivity index (χ2n) is 5.34. The summed E-state index contributed by atoms with van der Waals surface area (Å²) in [6, 6.07) is 0. The molecule has 0 fully saturated rings. The summed E-state index contributed by atoms with van der Waals surface area (Å²) in [6.07, 6.45) is 0.792. The average Bonchev–Trinajstić information content (AvgIpc) is 2.44. The van der Waals surface area contributed by atoms with Crippen LogP contribution in [0.5, 0.6) is 0 Å². The Labute approximate surface area is 136 Å². The van der Waals surface area contributed by atoms with Gasteiger partial charge in [0.25, 0.3) is 0 Å². The van der Waals surface area contributed by atoms with Crippen molar-refractivity contribution in [3.05, 3.63) is 11.8 Å². The second kappa shape index (κ2) is 10.8. The van der Waals surface area contributed by atoms with Crippen LogP contribution in [0.1, 0.15) is 54.4 Å². The molecular weight excluding hydrogens is 308 g/mol. The van der Waals surface area contributed by atoms with Gasteiger partial charge in [-0.25, -0.2) is 14.6 Å². The summed E-state index contributed by atoms with van der Waals surface area (Å²) in [5.74, 6) is -0.914. The van der Waals surface area contributed by atoms with Crippen molar-refractivity contribution in [2.75, 3.05) is 6.61 Å². The molecule has 0 aromatic carbocycles. The molecule has 0 aliphatic heterocycles. The van der Waals surface area contributed by atoms with Crippen LogP contribution >= 0.6 is 0 Å². The van der Waals surface area contributed by atoms with Gasteiger partial charge in [0.05, 0.1) is 5.57 Å². The molecule has 0 aliphatic rings. The Morgan fingerprint density at radius 1 is 1.17 bits per heavy atom. The topological polar surface area (TPSA) is 89.5 Å². The van der Waals surface area contributed by atoms with E-state index in [0.717, 1.165) is 19.1 Å². The molecule has 23 heavy (non-hydrogen) atoms. The first-order valence-corrected chi connectivity index (χ1v) is 7.44. The van der Waals surface area contributed by atoms with Crippen molar-refractivity contribution in [2.24, 2.45) is 0 Å². The minimum Gasteiger partial charge on any atom is -0.402 e. The summed E-state index contributed by atoms with van der Waals surface area (Å²) in [4.78, 5) is 41.3. The minimum absolute atomic E-state index is 0.0444. The van der Waals surface area contributed by atoms with Crippen molar-refractivity contribution in [1.82, 2.24) is 0 Å². The molecule has 0 heterocycles. The third-order valence-corrected chi connectivity index (χ3v) is 2.52. The van der Waals surface area contributed by atoms with E-state index in [0.29, 0.717) is 6.61 Å². The Hall–Kier alpha value is -1.80. The summed E-state index contributed by atoms with van der Waals surface area (Å²) in [6.45, 7) is 10.8. The van der Waals surface area contributed by atoms with E-state index in [1.807, 2.05) is 20.8 Å². The van der Waals surface area contributed by atoms with E-state index in [9.17, 15) is 9.59 Å². The standard InChI is InChI=1S/C15H26O8/c1-7-9-15(5,6)23-19-10-11(3)13(16)21-22-14(17)20-12(4)18-8-2/h10,12H,7-9H2,1-6H3. The molecule has 0 rings (SSSR count). The highest BCUT2D eigenvalue weighted by Gasteiger charge is 2.20. The second-order valence-corrected chi connectivity index (χ2v) is 5.34. The van der Waals surface area contributed by atoms with Gasteiger partial charge < -0.3 is 14.4 Å². The van der Waals surface area contributed by atoms with Crippen molar-refractivity contribution in [1.29, 1.82) is 0 Å². The number of hydrogen-bond acceptors (Lipinski definition) is 8. The highest BCUT2D eigenvalue weighted by molar-refractivity contribution is 5.87. The fourth-order valence-electron chi connectivity index (χ4n) is 1.48. The summed E-state index contributed by atoms with van der Waals surface area (Å²) < 4.78 is 9.60. The number of hydrogen-bond donors (Lipinski definition) is 0. The molecule has 8 nitrogen and oxygen atoms in total. The Balaban J connectivity index is 4.15. The molecular formula is C15H26O8. The SMILES string of the molecule is CCCC(C)(C)OOC=C(C)C(=O)OOC(=O)OC(C)OCC.